The molecule has 7 heteroatoms. The molecule has 1 spiro atoms. The van der Waals surface area contributed by atoms with Crippen molar-refractivity contribution in [3.05, 3.63) is 24.0 Å². The highest BCUT2D eigenvalue weighted by molar-refractivity contribution is 5.90. The van der Waals surface area contributed by atoms with Crippen molar-refractivity contribution < 1.29 is 19.1 Å². The summed E-state index contributed by atoms with van der Waals surface area (Å²) in [5.74, 6) is -0.309. The Hall–Kier alpha value is -2.15. The standard InChI is InChI=1S/C23H32FN3O3/c1-2-21(29)25-16-4-9-20(19(24)14-16)26-12-3-10-23(15-26)11-13-27(22(23)30)17-5-7-18(28)8-6-17/h4,9,14,17-18,28H,2-3,5-8,10-13,15H2,1H3,(H,25,29). The molecule has 1 aromatic carbocycles. The van der Waals surface area contributed by atoms with E-state index in [1.807, 2.05) is 9.80 Å². The van der Waals surface area contributed by atoms with Crippen LogP contribution in [0.15, 0.2) is 18.2 Å². The number of rotatable bonds is 4. The van der Waals surface area contributed by atoms with Gasteiger partial charge < -0.3 is 20.2 Å². The lowest BCUT2D eigenvalue weighted by Crippen LogP contribution is -2.50. The quantitative estimate of drug-likeness (QED) is 0.789. The van der Waals surface area contributed by atoms with Crippen molar-refractivity contribution in [1.29, 1.82) is 0 Å². The summed E-state index contributed by atoms with van der Waals surface area (Å²) >= 11 is 0. The number of benzene rings is 1. The zero-order chi connectivity index (χ0) is 21.3. The van der Waals surface area contributed by atoms with E-state index in [9.17, 15) is 19.1 Å². The van der Waals surface area contributed by atoms with Crippen LogP contribution in [0.2, 0.25) is 0 Å². The third-order valence-electron chi connectivity index (χ3n) is 7.12. The van der Waals surface area contributed by atoms with Gasteiger partial charge in [-0.15, -0.1) is 0 Å². The number of nitrogens with one attached hydrogen (secondary N) is 1. The molecule has 0 aromatic heterocycles. The van der Waals surface area contributed by atoms with E-state index >= 15 is 0 Å². The Morgan fingerprint density at radius 2 is 2.00 bits per heavy atom. The van der Waals surface area contributed by atoms with Crippen LogP contribution in [0.1, 0.15) is 58.3 Å². The average molecular weight is 418 g/mol. The number of anilines is 2. The minimum atomic E-state index is -0.435. The van der Waals surface area contributed by atoms with E-state index in [1.54, 1.807) is 19.1 Å². The van der Waals surface area contributed by atoms with Crippen molar-refractivity contribution in [2.75, 3.05) is 29.9 Å². The van der Waals surface area contributed by atoms with Gasteiger partial charge in [0.15, 0.2) is 0 Å². The van der Waals surface area contributed by atoms with Crippen LogP contribution >= 0.6 is 0 Å². The summed E-state index contributed by atoms with van der Waals surface area (Å²) < 4.78 is 14.9. The van der Waals surface area contributed by atoms with E-state index in [2.05, 4.69) is 5.32 Å². The molecule has 0 bridgehead atoms. The molecule has 2 amide bonds. The minimum Gasteiger partial charge on any atom is -0.393 e. The maximum absolute atomic E-state index is 14.9. The van der Waals surface area contributed by atoms with Crippen molar-refractivity contribution >= 4 is 23.2 Å². The largest absolute Gasteiger partial charge is 0.393 e. The van der Waals surface area contributed by atoms with Crippen LogP contribution in [-0.2, 0) is 9.59 Å². The molecule has 3 aliphatic rings. The second-order valence-corrected chi connectivity index (χ2v) is 9.08. The molecule has 2 aliphatic heterocycles. The van der Waals surface area contributed by atoms with Gasteiger partial charge in [0, 0.05) is 37.8 Å². The van der Waals surface area contributed by atoms with Gasteiger partial charge in [0.25, 0.3) is 0 Å². The second-order valence-electron chi connectivity index (χ2n) is 9.08. The van der Waals surface area contributed by atoms with E-state index in [4.69, 9.17) is 0 Å². The molecule has 1 aromatic rings. The first-order valence-corrected chi connectivity index (χ1v) is 11.3. The number of carbonyl (C=O) groups excluding carboxylic acids is 2. The number of carbonyl (C=O) groups is 2. The van der Waals surface area contributed by atoms with Crippen molar-refractivity contribution in [2.45, 2.75) is 70.4 Å². The van der Waals surface area contributed by atoms with E-state index in [1.165, 1.54) is 6.07 Å². The Bertz CT molecular complexity index is 809. The van der Waals surface area contributed by atoms with E-state index in [0.717, 1.165) is 58.0 Å². The highest BCUT2D eigenvalue weighted by Crippen LogP contribution is 2.43. The van der Waals surface area contributed by atoms with Gasteiger partial charge in [0.1, 0.15) is 5.82 Å². The van der Waals surface area contributed by atoms with Gasteiger partial charge in [0.05, 0.1) is 17.2 Å². The lowest BCUT2D eigenvalue weighted by atomic mass is 9.78. The topological polar surface area (TPSA) is 72.9 Å². The number of aliphatic hydroxyl groups is 1. The molecule has 3 fully saturated rings. The Kier molecular flexibility index (Phi) is 6.00. The maximum atomic E-state index is 14.9. The third kappa shape index (κ3) is 4.04. The van der Waals surface area contributed by atoms with Crippen LogP contribution in [0.5, 0.6) is 0 Å². The smallest absolute Gasteiger partial charge is 0.230 e. The zero-order valence-corrected chi connectivity index (χ0v) is 17.7. The van der Waals surface area contributed by atoms with Gasteiger partial charge >= 0.3 is 0 Å². The molecular formula is C23H32FN3O3. The second kappa shape index (κ2) is 8.53. The molecule has 1 saturated carbocycles. The highest BCUT2D eigenvalue weighted by Gasteiger charge is 2.50. The first-order valence-electron chi connectivity index (χ1n) is 11.3. The lowest BCUT2D eigenvalue weighted by molar-refractivity contribution is -0.139. The molecule has 1 atom stereocenters. The number of halogens is 1. The van der Waals surface area contributed by atoms with Crippen LogP contribution in [0.25, 0.3) is 0 Å². The van der Waals surface area contributed by atoms with Crippen LogP contribution in [0.3, 0.4) is 0 Å². The molecule has 0 radical (unpaired) electrons. The summed E-state index contributed by atoms with van der Waals surface area (Å²) in [4.78, 5) is 29.0. The number of aliphatic hydroxyl groups excluding tert-OH is 1. The monoisotopic (exact) mass is 417 g/mol. The number of amides is 2. The molecule has 1 aliphatic carbocycles. The van der Waals surface area contributed by atoms with Gasteiger partial charge in [-0.25, -0.2) is 4.39 Å². The lowest BCUT2D eigenvalue weighted by Gasteiger charge is -2.41. The third-order valence-corrected chi connectivity index (χ3v) is 7.12. The summed E-state index contributed by atoms with van der Waals surface area (Å²) in [6, 6.07) is 5.03. The SMILES string of the molecule is CCC(=O)Nc1ccc(N2CCCC3(CCN(C4CCC(O)CC4)C3=O)C2)c(F)c1. The summed E-state index contributed by atoms with van der Waals surface area (Å²) in [7, 11) is 0. The van der Waals surface area contributed by atoms with E-state index < -0.39 is 5.41 Å². The Morgan fingerprint density at radius 1 is 1.23 bits per heavy atom. The Balaban J connectivity index is 1.47. The van der Waals surface area contributed by atoms with Crippen molar-refractivity contribution in [1.82, 2.24) is 4.90 Å². The fourth-order valence-corrected chi connectivity index (χ4v) is 5.37. The predicted molar refractivity (Wildman–Crippen MR) is 114 cm³/mol. The van der Waals surface area contributed by atoms with Gasteiger partial charge in [-0.3, -0.25) is 9.59 Å². The summed E-state index contributed by atoms with van der Waals surface area (Å²) in [5.41, 5.74) is 0.517. The minimum absolute atomic E-state index is 0.147. The fourth-order valence-electron chi connectivity index (χ4n) is 5.37. The van der Waals surface area contributed by atoms with Crippen molar-refractivity contribution in [3.63, 3.8) is 0 Å². The number of nitrogens with zero attached hydrogens (tertiary/aromatic N) is 2. The van der Waals surface area contributed by atoms with Crippen molar-refractivity contribution in [3.8, 4) is 0 Å². The zero-order valence-electron chi connectivity index (χ0n) is 17.7. The molecule has 6 nitrogen and oxygen atoms in total. The average Bonchev–Trinajstić information content (AvgIpc) is 3.04. The van der Waals surface area contributed by atoms with E-state index in [-0.39, 0.29) is 29.8 Å². The van der Waals surface area contributed by atoms with Gasteiger partial charge in [-0.1, -0.05) is 6.92 Å². The van der Waals surface area contributed by atoms with Crippen LogP contribution in [0, 0.1) is 11.2 Å². The summed E-state index contributed by atoms with van der Waals surface area (Å²) in [6.45, 7) is 3.78. The Labute approximate surface area is 177 Å². The summed E-state index contributed by atoms with van der Waals surface area (Å²) in [5, 5.41) is 12.5. The first kappa shape index (κ1) is 21.1. The molecule has 2 N–H and O–H groups in total. The number of likely N-dealkylation sites (tertiary alicyclic amines) is 1. The molecule has 164 valence electrons. The maximum Gasteiger partial charge on any atom is 0.230 e. The summed E-state index contributed by atoms with van der Waals surface area (Å²) in [6.07, 6.45) is 5.89. The molecule has 2 saturated heterocycles. The fraction of sp³-hybridized carbons (Fsp3) is 0.652. The normalized spacial score (nSPS) is 29.5. The van der Waals surface area contributed by atoms with Crippen LogP contribution in [-0.4, -0.2) is 53.6 Å². The van der Waals surface area contributed by atoms with Gasteiger partial charge in [-0.2, -0.15) is 0 Å². The molecule has 30 heavy (non-hydrogen) atoms. The Morgan fingerprint density at radius 3 is 2.70 bits per heavy atom. The molecule has 1 unspecified atom stereocenters. The molecule has 4 rings (SSSR count). The van der Waals surface area contributed by atoms with Crippen LogP contribution in [0.4, 0.5) is 15.8 Å². The van der Waals surface area contributed by atoms with E-state index in [0.29, 0.717) is 24.3 Å². The number of hydrogen-bond donors (Lipinski definition) is 2. The molecular weight excluding hydrogens is 385 g/mol. The number of piperidine rings is 1. The molecule has 2 heterocycles. The van der Waals surface area contributed by atoms with Gasteiger partial charge in [-0.05, 0) is 63.1 Å². The van der Waals surface area contributed by atoms with Crippen molar-refractivity contribution in [2.24, 2.45) is 5.41 Å². The van der Waals surface area contributed by atoms with Gasteiger partial charge in [0.2, 0.25) is 11.8 Å². The predicted octanol–water partition coefficient (Wildman–Crippen LogP) is 3.30. The highest BCUT2D eigenvalue weighted by atomic mass is 19.1. The number of hydrogen-bond acceptors (Lipinski definition) is 4. The first-order chi connectivity index (χ1) is 14.4. The van der Waals surface area contributed by atoms with Crippen LogP contribution < -0.4 is 10.2 Å².